The second-order valence-corrected chi connectivity index (χ2v) is 10.6. The molecule has 170 valence electrons. The minimum Gasteiger partial charge on any atom is -0.508 e. The fourth-order valence-electron chi connectivity index (χ4n) is 3.59. The summed E-state index contributed by atoms with van der Waals surface area (Å²) < 4.78 is 28.8. The van der Waals surface area contributed by atoms with Gasteiger partial charge in [0.1, 0.15) is 11.4 Å². The summed E-state index contributed by atoms with van der Waals surface area (Å²) in [7, 11) is -3.72. The van der Waals surface area contributed by atoms with Crippen molar-refractivity contribution in [2.24, 2.45) is 0 Å². The molecule has 3 N–H and O–H groups in total. The number of nitrogens with zero attached hydrogens (tertiary/aromatic N) is 2. The first kappa shape index (κ1) is 22.7. The fraction of sp³-hybridized carbons (Fsp3) is 0.200. The smallest absolute Gasteiger partial charge is 0.241 e. The molecule has 3 aromatic carbocycles. The average Bonchev–Trinajstić information content (AvgIpc) is 2.74. The maximum atomic E-state index is 13.0. The Balaban J connectivity index is 1.81. The van der Waals surface area contributed by atoms with Gasteiger partial charge in [-0.25, -0.2) is 13.1 Å². The Morgan fingerprint density at radius 2 is 1.55 bits per heavy atom. The van der Waals surface area contributed by atoms with Crippen molar-refractivity contribution in [1.82, 2.24) is 14.9 Å². The first-order chi connectivity index (χ1) is 15.5. The maximum absolute atomic E-state index is 13.0. The van der Waals surface area contributed by atoms with Crippen molar-refractivity contribution in [3.05, 3.63) is 72.3 Å². The number of benzene rings is 3. The number of nitrogens with one attached hydrogen (secondary N) is 2. The molecule has 0 spiro atoms. The predicted molar refractivity (Wildman–Crippen MR) is 131 cm³/mol. The van der Waals surface area contributed by atoms with E-state index in [9.17, 15) is 13.5 Å². The number of sulfonamides is 1. The summed E-state index contributed by atoms with van der Waals surface area (Å²) in [5.41, 5.74) is 2.06. The third-order valence-electron chi connectivity index (χ3n) is 5.01. The summed E-state index contributed by atoms with van der Waals surface area (Å²) in [6.07, 6.45) is 0. The number of hydrogen-bond acceptors (Lipinski definition) is 6. The Morgan fingerprint density at radius 1 is 0.879 bits per heavy atom. The van der Waals surface area contributed by atoms with Gasteiger partial charge in [0.05, 0.1) is 4.90 Å². The van der Waals surface area contributed by atoms with Crippen LogP contribution in [-0.2, 0) is 10.0 Å². The van der Waals surface area contributed by atoms with E-state index in [-0.39, 0.29) is 10.6 Å². The van der Waals surface area contributed by atoms with Crippen LogP contribution in [-0.4, -0.2) is 29.3 Å². The number of aromatic hydroxyl groups is 1. The average molecular weight is 463 g/mol. The number of rotatable bonds is 5. The zero-order chi connectivity index (χ0) is 23.8. The summed E-state index contributed by atoms with van der Waals surface area (Å²) in [6.45, 7) is 7.20. The number of phenols is 1. The Hall–Kier alpha value is -3.49. The summed E-state index contributed by atoms with van der Waals surface area (Å²) in [5, 5.41) is 23.3. The van der Waals surface area contributed by atoms with Crippen LogP contribution in [0.5, 0.6) is 5.75 Å². The number of aryl methyl sites for hydroxylation is 1. The first-order valence-corrected chi connectivity index (χ1v) is 12.0. The van der Waals surface area contributed by atoms with Crippen molar-refractivity contribution in [3.8, 4) is 17.0 Å². The van der Waals surface area contributed by atoms with Gasteiger partial charge in [-0.1, -0.05) is 36.4 Å². The minimum atomic E-state index is -3.72. The monoisotopic (exact) mass is 462 g/mol. The van der Waals surface area contributed by atoms with E-state index >= 15 is 0 Å². The van der Waals surface area contributed by atoms with E-state index in [0.717, 1.165) is 16.5 Å². The molecular formula is C25H26N4O3S. The Morgan fingerprint density at radius 3 is 2.21 bits per heavy atom. The molecule has 0 aliphatic rings. The lowest BCUT2D eigenvalue weighted by atomic mass is 10.0. The highest BCUT2D eigenvalue weighted by Crippen LogP contribution is 2.33. The molecule has 0 saturated carbocycles. The van der Waals surface area contributed by atoms with Gasteiger partial charge in [-0.15, -0.1) is 10.2 Å². The van der Waals surface area contributed by atoms with Crippen LogP contribution in [0.2, 0.25) is 0 Å². The quantitative estimate of drug-likeness (QED) is 0.355. The zero-order valence-corrected chi connectivity index (χ0v) is 19.7. The van der Waals surface area contributed by atoms with E-state index < -0.39 is 15.6 Å². The Labute approximate surface area is 193 Å². The maximum Gasteiger partial charge on any atom is 0.241 e. The van der Waals surface area contributed by atoms with Crippen molar-refractivity contribution >= 4 is 32.3 Å². The van der Waals surface area contributed by atoms with Gasteiger partial charge in [0.2, 0.25) is 10.0 Å². The van der Waals surface area contributed by atoms with Crippen LogP contribution >= 0.6 is 0 Å². The normalized spacial score (nSPS) is 12.1. The van der Waals surface area contributed by atoms with Crippen LogP contribution in [0.1, 0.15) is 26.3 Å². The van der Waals surface area contributed by atoms with Crippen LogP contribution in [0.4, 0.5) is 11.5 Å². The summed E-state index contributed by atoms with van der Waals surface area (Å²) in [6, 6.07) is 19.6. The molecule has 0 atom stereocenters. The van der Waals surface area contributed by atoms with Crippen molar-refractivity contribution in [2.45, 2.75) is 38.1 Å². The lowest BCUT2D eigenvalue weighted by molar-refractivity contribution is 0.475. The van der Waals surface area contributed by atoms with Gasteiger partial charge in [0.25, 0.3) is 0 Å². The van der Waals surface area contributed by atoms with Gasteiger partial charge in [0, 0.05) is 27.6 Å². The number of fused-ring (bicyclic) bond motifs is 1. The molecule has 0 aliphatic heterocycles. The topological polar surface area (TPSA) is 104 Å². The number of aromatic nitrogens is 2. The zero-order valence-electron chi connectivity index (χ0n) is 18.9. The van der Waals surface area contributed by atoms with Crippen LogP contribution < -0.4 is 10.0 Å². The van der Waals surface area contributed by atoms with E-state index in [0.29, 0.717) is 22.6 Å². The fourth-order valence-corrected chi connectivity index (χ4v) is 5.28. The van der Waals surface area contributed by atoms with Crippen molar-refractivity contribution in [1.29, 1.82) is 0 Å². The number of anilines is 2. The third-order valence-corrected chi connectivity index (χ3v) is 6.91. The summed E-state index contributed by atoms with van der Waals surface area (Å²) in [5.74, 6) is 0.743. The van der Waals surface area contributed by atoms with Crippen LogP contribution in [0.3, 0.4) is 0 Å². The molecule has 8 heteroatoms. The molecule has 0 unspecified atom stereocenters. The SMILES string of the molecule is Cc1ccc(-c2nnc(Nc3ccc(O)cc3)c3ccccc23)cc1S(=O)(=O)NC(C)(C)C. The molecule has 0 fully saturated rings. The van der Waals surface area contributed by atoms with Crippen LogP contribution in [0, 0.1) is 6.92 Å². The molecule has 0 aliphatic carbocycles. The minimum absolute atomic E-state index is 0.179. The van der Waals surface area contributed by atoms with E-state index in [2.05, 4.69) is 20.2 Å². The largest absolute Gasteiger partial charge is 0.508 e. The lowest BCUT2D eigenvalue weighted by Crippen LogP contribution is -2.40. The number of hydrogen-bond donors (Lipinski definition) is 3. The summed E-state index contributed by atoms with van der Waals surface area (Å²) >= 11 is 0. The van der Waals surface area contributed by atoms with Crippen LogP contribution in [0.25, 0.3) is 22.0 Å². The molecule has 0 amide bonds. The van der Waals surface area contributed by atoms with Crippen molar-refractivity contribution < 1.29 is 13.5 Å². The molecule has 7 nitrogen and oxygen atoms in total. The van der Waals surface area contributed by atoms with Crippen molar-refractivity contribution in [2.75, 3.05) is 5.32 Å². The van der Waals surface area contributed by atoms with Gasteiger partial charge in [-0.05, 0) is 63.6 Å². The predicted octanol–water partition coefficient (Wildman–Crippen LogP) is 5.13. The highest BCUT2D eigenvalue weighted by molar-refractivity contribution is 7.89. The second-order valence-electron chi connectivity index (χ2n) is 8.95. The highest BCUT2D eigenvalue weighted by Gasteiger charge is 2.24. The van der Waals surface area contributed by atoms with Crippen molar-refractivity contribution in [3.63, 3.8) is 0 Å². The molecule has 0 bridgehead atoms. The van der Waals surface area contributed by atoms with Gasteiger partial charge >= 0.3 is 0 Å². The molecular weight excluding hydrogens is 436 g/mol. The molecule has 1 aromatic heterocycles. The Bertz CT molecular complexity index is 1430. The standard InChI is InChI=1S/C25H26N4O3S/c1-16-9-10-17(15-22(16)33(31,32)29-25(2,3)4)23-20-7-5-6-8-21(20)24(28-27-23)26-18-11-13-19(30)14-12-18/h5-15,29-30H,1-4H3,(H,26,28). The molecule has 4 aromatic rings. The number of phenolic OH excluding ortho intramolecular Hbond substituents is 1. The van der Waals surface area contributed by atoms with Gasteiger partial charge in [0.15, 0.2) is 5.82 Å². The van der Waals surface area contributed by atoms with E-state index in [1.807, 2.05) is 51.1 Å². The third kappa shape index (κ3) is 4.97. The van der Waals surface area contributed by atoms with E-state index in [1.54, 1.807) is 43.3 Å². The van der Waals surface area contributed by atoms with Gasteiger partial charge in [-0.3, -0.25) is 0 Å². The van der Waals surface area contributed by atoms with Crippen LogP contribution in [0.15, 0.2) is 71.6 Å². The molecule has 1 heterocycles. The Kier molecular flexibility index (Phi) is 5.82. The van der Waals surface area contributed by atoms with E-state index in [1.165, 1.54) is 0 Å². The van der Waals surface area contributed by atoms with E-state index in [4.69, 9.17) is 0 Å². The summed E-state index contributed by atoms with van der Waals surface area (Å²) in [4.78, 5) is 0.215. The first-order valence-electron chi connectivity index (χ1n) is 10.5. The lowest BCUT2D eigenvalue weighted by Gasteiger charge is -2.21. The highest BCUT2D eigenvalue weighted by atomic mass is 32.2. The molecule has 0 saturated heterocycles. The van der Waals surface area contributed by atoms with Gasteiger partial charge in [-0.2, -0.15) is 0 Å². The second kappa shape index (κ2) is 8.46. The molecule has 33 heavy (non-hydrogen) atoms. The van der Waals surface area contributed by atoms with Gasteiger partial charge < -0.3 is 10.4 Å². The molecule has 0 radical (unpaired) electrons. The molecule has 4 rings (SSSR count).